The SMILES string of the molecule is CCCS(=O)(=O)Nc1ccc(OC)c(CN2CCC(=O)C(C(c3ccccc3)c3ccccc3)C2)c1. The zero-order chi connectivity index (χ0) is 25.5. The Morgan fingerprint density at radius 3 is 2.22 bits per heavy atom. The normalized spacial score (nSPS) is 16.8. The van der Waals surface area contributed by atoms with Crippen molar-refractivity contribution >= 4 is 21.5 Å². The quantitative estimate of drug-likeness (QED) is 0.416. The van der Waals surface area contributed by atoms with Crippen LogP contribution in [0.4, 0.5) is 5.69 Å². The first kappa shape index (κ1) is 25.9. The Balaban J connectivity index is 1.59. The minimum atomic E-state index is -3.39. The molecule has 1 heterocycles. The second-order valence-electron chi connectivity index (χ2n) is 9.30. The van der Waals surface area contributed by atoms with E-state index in [2.05, 4.69) is 33.9 Å². The molecular formula is C29H34N2O4S. The number of rotatable bonds is 10. The van der Waals surface area contributed by atoms with Gasteiger partial charge in [-0.15, -0.1) is 0 Å². The highest BCUT2D eigenvalue weighted by atomic mass is 32.2. The van der Waals surface area contributed by atoms with E-state index in [1.165, 1.54) is 0 Å². The van der Waals surface area contributed by atoms with Crippen molar-refractivity contribution in [3.8, 4) is 5.75 Å². The molecule has 1 aliphatic heterocycles. The summed E-state index contributed by atoms with van der Waals surface area (Å²) in [6, 6.07) is 25.8. The minimum absolute atomic E-state index is 0.0308. The summed E-state index contributed by atoms with van der Waals surface area (Å²) in [5, 5.41) is 0. The van der Waals surface area contributed by atoms with Crippen LogP contribution in [-0.2, 0) is 21.4 Å². The van der Waals surface area contributed by atoms with Gasteiger partial charge in [-0.3, -0.25) is 14.4 Å². The van der Waals surface area contributed by atoms with E-state index in [9.17, 15) is 13.2 Å². The van der Waals surface area contributed by atoms with Crippen LogP contribution in [0.15, 0.2) is 78.9 Å². The summed E-state index contributed by atoms with van der Waals surface area (Å²) in [6.07, 6.45) is 1.03. The summed E-state index contributed by atoms with van der Waals surface area (Å²) >= 11 is 0. The first-order valence-corrected chi connectivity index (χ1v) is 14.1. The van der Waals surface area contributed by atoms with E-state index < -0.39 is 10.0 Å². The summed E-state index contributed by atoms with van der Waals surface area (Å²) in [7, 11) is -1.78. The van der Waals surface area contributed by atoms with Crippen molar-refractivity contribution in [2.45, 2.75) is 32.2 Å². The molecule has 0 bridgehead atoms. The molecule has 3 aromatic carbocycles. The smallest absolute Gasteiger partial charge is 0.232 e. The third-order valence-electron chi connectivity index (χ3n) is 6.68. The highest BCUT2D eigenvalue weighted by molar-refractivity contribution is 7.92. The lowest BCUT2D eigenvalue weighted by Crippen LogP contribution is -2.43. The number of ketones is 1. The van der Waals surface area contributed by atoms with Crippen molar-refractivity contribution in [2.75, 3.05) is 30.7 Å². The number of carbonyl (C=O) groups is 1. The van der Waals surface area contributed by atoms with Gasteiger partial charge in [0, 0.05) is 49.1 Å². The Kier molecular flexibility index (Phi) is 8.44. The van der Waals surface area contributed by atoms with E-state index in [1.54, 1.807) is 19.2 Å². The predicted molar refractivity (Wildman–Crippen MR) is 144 cm³/mol. The zero-order valence-electron chi connectivity index (χ0n) is 20.9. The second-order valence-corrected chi connectivity index (χ2v) is 11.1. The molecule has 190 valence electrons. The maximum absolute atomic E-state index is 13.2. The molecule has 7 heteroatoms. The van der Waals surface area contributed by atoms with E-state index in [4.69, 9.17) is 4.74 Å². The van der Waals surface area contributed by atoms with Crippen molar-refractivity contribution in [1.82, 2.24) is 4.90 Å². The predicted octanol–water partition coefficient (Wildman–Crippen LogP) is 5.07. The Labute approximate surface area is 214 Å². The van der Waals surface area contributed by atoms with Crippen molar-refractivity contribution in [2.24, 2.45) is 5.92 Å². The monoisotopic (exact) mass is 506 g/mol. The van der Waals surface area contributed by atoms with Crippen LogP contribution in [0.1, 0.15) is 42.4 Å². The van der Waals surface area contributed by atoms with Gasteiger partial charge in [0.2, 0.25) is 10.0 Å². The second kappa shape index (κ2) is 11.7. The Hall–Kier alpha value is -3.16. The molecule has 3 aromatic rings. The van der Waals surface area contributed by atoms with E-state index in [-0.39, 0.29) is 23.4 Å². The number of likely N-dealkylation sites (tertiary alicyclic amines) is 1. The van der Waals surface area contributed by atoms with Gasteiger partial charge >= 0.3 is 0 Å². The lowest BCUT2D eigenvalue weighted by molar-refractivity contribution is -0.126. The molecule has 0 saturated carbocycles. The first-order valence-electron chi connectivity index (χ1n) is 12.4. The standard InChI is InChI=1S/C29H34N2O4S/c1-3-18-36(33,34)30-25-14-15-28(35-2)24(19-25)20-31-17-16-27(32)26(21-31)29(22-10-6-4-7-11-22)23-12-8-5-9-13-23/h4-15,19,26,29-30H,3,16-18,20-21H2,1-2H3. The molecule has 1 unspecified atom stereocenters. The molecular weight excluding hydrogens is 472 g/mol. The number of ether oxygens (including phenoxy) is 1. The van der Waals surface area contributed by atoms with Gasteiger partial charge in [0.1, 0.15) is 11.5 Å². The van der Waals surface area contributed by atoms with Crippen LogP contribution < -0.4 is 9.46 Å². The average Bonchev–Trinajstić information content (AvgIpc) is 2.87. The molecule has 1 fully saturated rings. The molecule has 1 N–H and O–H groups in total. The van der Waals surface area contributed by atoms with Gasteiger partial charge in [0.05, 0.1) is 12.9 Å². The van der Waals surface area contributed by atoms with E-state index >= 15 is 0 Å². The zero-order valence-corrected chi connectivity index (χ0v) is 21.7. The van der Waals surface area contributed by atoms with Crippen LogP contribution in [0.2, 0.25) is 0 Å². The maximum atomic E-state index is 13.2. The van der Waals surface area contributed by atoms with E-state index in [0.29, 0.717) is 43.9 Å². The first-order chi connectivity index (χ1) is 17.4. The van der Waals surface area contributed by atoms with Crippen molar-refractivity contribution < 1.29 is 17.9 Å². The molecule has 4 rings (SSSR count). The maximum Gasteiger partial charge on any atom is 0.232 e. The molecule has 0 spiro atoms. The van der Waals surface area contributed by atoms with Crippen LogP contribution in [0.25, 0.3) is 0 Å². The number of sulfonamides is 1. The number of nitrogens with zero attached hydrogens (tertiary/aromatic N) is 1. The molecule has 0 radical (unpaired) electrons. The number of benzene rings is 3. The molecule has 0 aromatic heterocycles. The van der Waals surface area contributed by atoms with Crippen LogP contribution in [0, 0.1) is 5.92 Å². The lowest BCUT2D eigenvalue weighted by Gasteiger charge is -2.36. The van der Waals surface area contributed by atoms with E-state index in [0.717, 1.165) is 16.7 Å². The fourth-order valence-electron chi connectivity index (χ4n) is 5.04. The molecule has 0 aliphatic carbocycles. The lowest BCUT2D eigenvalue weighted by atomic mass is 9.76. The van der Waals surface area contributed by atoms with Gasteiger partial charge in [0.25, 0.3) is 0 Å². The molecule has 1 aliphatic rings. The van der Waals surface area contributed by atoms with Gasteiger partial charge in [-0.05, 0) is 35.7 Å². The van der Waals surface area contributed by atoms with E-state index in [1.807, 2.05) is 49.4 Å². The number of piperidine rings is 1. The summed E-state index contributed by atoms with van der Waals surface area (Å²) in [5.74, 6) is 0.837. The van der Waals surface area contributed by atoms with Crippen molar-refractivity contribution in [1.29, 1.82) is 0 Å². The van der Waals surface area contributed by atoms with Crippen LogP contribution >= 0.6 is 0 Å². The van der Waals surface area contributed by atoms with Gasteiger partial charge in [0.15, 0.2) is 0 Å². The van der Waals surface area contributed by atoms with Gasteiger partial charge < -0.3 is 4.74 Å². The molecule has 0 amide bonds. The highest BCUT2D eigenvalue weighted by Gasteiger charge is 2.35. The molecule has 36 heavy (non-hydrogen) atoms. The number of nitrogens with one attached hydrogen (secondary N) is 1. The fourth-order valence-corrected chi connectivity index (χ4v) is 6.17. The van der Waals surface area contributed by atoms with Crippen LogP contribution in [-0.4, -0.2) is 45.1 Å². The van der Waals surface area contributed by atoms with Crippen LogP contribution in [0.3, 0.4) is 0 Å². The summed E-state index contributed by atoms with van der Waals surface area (Å²) in [4.78, 5) is 15.5. The van der Waals surface area contributed by atoms with Crippen molar-refractivity contribution in [3.05, 3.63) is 95.6 Å². The Bertz CT molecular complexity index is 1220. The Morgan fingerprint density at radius 1 is 1.00 bits per heavy atom. The minimum Gasteiger partial charge on any atom is -0.496 e. The van der Waals surface area contributed by atoms with Crippen molar-refractivity contribution in [3.63, 3.8) is 0 Å². The summed E-state index contributed by atoms with van der Waals surface area (Å²) < 4.78 is 32.8. The number of Topliss-reactive ketones (excluding diaryl/α,β-unsaturated/α-hetero) is 1. The topological polar surface area (TPSA) is 75.7 Å². The van der Waals surface area contributed by atoms with Gasteiger partial charge in [-0.2, -0.15) is 0 Å². The molecule has 1 saturated heterocycles. The fraction of sp³-hybridized carbons (Fsp3) is 0.345. The van der Waals surface area contributed by atoms with Gasteiger partial charge in [-0.25, -0.2) is 8.42 Å². The number of methoxy groups -OCH3 is 1. The largest absolute Gasteiger partial charge is 0.496 e. The third kappa shape index (κ3) is 6.33. The molecule has 1 atom stereocenters. The number of carbonyl (C=O) groups excluding carboxylic acids is 1. The highest BCUT2D eigenvalue weighted by Crippen LogP contribution is 2.36. The average molecular weight is 507 g/mol. The van der Waals surface area contributed by atoms with Gasteiger partial charge in [-0.1, -0.05) is 67.6 Å². The summed E-state index contributed by atoms with van der Waals surface area (Å²) in [5.41, 5.74) is 3.68. The number of hydrogen-bond donors (Lipinski definition) is 1. The number of anilines is 1. The summed E-state index contributed by atoms with van der Waals surface area (Å²) in [6.45, 7) is 3.67. The Morgan fingerprint density at radius 2 is 1.64 bits per heavy atom. The van der Waals surface area contributed by atoms with Crippen LogP contribution in [0.5, 0.6) is 5.75 Å². The third-order valence-corrected chi connectivity index (χ3v) is 8.18. The number of hydrogen-bond acceptors (Lipinski definition) is 5. The molecule has 6 nitrogen and oxygen atoms in total.